The number of alkyl halides is 6. The monoisotopic (exact) mass is 495 g/mol. The quantitative estimate of drug-likeness (QED) is 0.600. The molecule has 2 aromatic heterocycles. The summed E-state index contributed by atoms with van der Waals surface area (Å²) in [5.74, 6) is -2.45. The van der Waals surface area contributed by atoms with Gasteiger partial charge in [0.25, 0.3) is 5.91 Å². The van der Waals surface area contributed by atoms with Crippen LogP contribution in [0.5, 0.6) is 5.75 Å². The molecule has 1 N–H and O–H groups in total. The summed E-state index contributed by atoms with van der Waals surface area (Å²) in [5.41, 5.74) is -0.240. The van der Waals surface area contributed by atoms with Gasteiger partial charge in [-0.05, 0) is 31.6 Å². The van der Waals surface area contributed by atoms with E-state index in [-0.39, 0.29) is 28.0 Å². The van der Waals surface area contributed by atoms with E-state index in [2.05, 4.69) is 25.1 Å². The zero-order valence-electron chi connectivity index (χ0n) is 16.8. The molecule has 33 heavy (non-hydrogen) atoms. The number of aromatic nitrogens is 4. The van der Waals surface area contributed by atoms with Crippen LogP contribution in [0.2, 0.25) is 0 Å². The first-order valence-corrected chi connectivity index (χ1v) is 9.72. The lowest BCUT2D eigenvalue weighted by Gasteiger charge is -2.22. The number of pyridine rings is 1. The van der Waals surface area contributed by atoms with Gasteiger partial charge in [0.1, 0.15) is 12.1 Å². The molecule has 0 fully saturated rings. The van der Waals surface area contributed by atoms with Crippen LogP contribution in [0.3, 0.4) is 0 Å². The third kappa shape index (κ3) is 6.46. The molecular formula is C19H16ClF6N5O2. The number of halogens is 7. The minimum absolute atomic E-state index is 0.0992. The van der Waals surface area contributed by atoms with Crippen molar-refractivity contribution in [1.82, 2.24) is 25.1 Å². The summed E-state index contributed by atoms with van der Waals surface area (Å²) in [5, 5.41) is 6.40. The maximum absolute atomic E-state index is 13.1. The molecule has 1 aliphatic carbocycles. The molecule has 0 saturated carbocycles. The van der Waals surface area contributed by atoms with E-state index in [1.807, 2.05) is 0 Å². The van der Waals surface area contributed by atoms with Crippen molar-refractivity contribution in [2.45, 2.75) is 31.7 Å². The smallest absolute Gasteiger partial charge is 0.422 e. The largest absolute Gasteiger partial charge is 0.483 e. The number of nitrogens with zero attached hydrogens (tertiary/aromatic N) is 4. The zero-order valence-corrected chi connectivity index (χ0v) is 17.5. The Morgan fingerprint density at radius 2 is 2.00 bits per heavy atom. The topological polar surface area (TPSA) is 81.9 Å². The van der Waals surface area contributed by atoms with Crippen molar-refractivity contribution < 1.29 is 35.9 Å². The number of ether oxygens (including phenoxy) is 1. The van der Waals surface area contributed by atoms with Crippen LogP contribution in [0.1, 0.15) is 25.2 Å². The first-order valence-electron chi connectivity index (χ1n) is 9.35. The second-order valence-corrected chi connectivity index (χ2v) is 7.53. The predicted octanol–water partition coefficient (Wildman–Crippen LogP) is 4.41. The first kappa shape index (κ1) is 24.6. The lowest BCUT2D eigenvalue weighted by atomic mass is 9.95. The van der Waals surface area contributed by atoms with Crippen LogP contribution >= 0.6 is 11.6 Å². The molecule has 0 aromatic carbocycles. The van der Waals surface area contributed by atoms with E-state index in [9.17, 15) is 31.1 Å². The highest BCUT2D eigenvalue weighted by Gasteiger charge is 2.40. The van der Waals surface area contributed by atoms with Gasteiger partial charge in [0, 0.05) is 10.6 Å². The van der Waals surface area contributed by atoms with Gasteiger partial charge in [-0.3, -0.25) is 4.79 Å². The fourth-order valence-corrected chi connectivity index (χ4v) is 3.21. The summed E-state index contributed by atoms with van der Waals surface area (Å²) in [6.07, 6.45) is -5.30. The van der Waals surface area contributed by atoms with E-state index in [1.54, 1.807) is 0 Å². The molecule has 2 atom stereocenters. The lowest BCUT2D eigenvalue weighted by Crippen LogP contribution is -2.32. The van der Waals surface area contributed by atoms with Gasteiger partial charge in [-0.1, -0.05) is 17.7 Å². The fraction of sp³-hybridized carbons (Fsp3) is 0.368. The average molecular weight is 496 g/mol. The Hall–Kier alpha value is -3.09. The number of hydrogen-bond donors (Lipinski definition) is 1. The van der Waals surface area contributed by atoms with Crippen LogP contribution in [-0.2, 0) is 4.79 Å². The summed E-state index contributed by atoms with van der Waals surface area (Å²) in [7, 11) is 0. The molecule has 0 aliphatic heterocycles. The van der Waals surface area contributed by atoms with Crippen LogP contribution in [0, 0.1) is 5.92 Å². The van der Waals surface area contributed by atoms with Gasteiger partial charge in [0.15, 0.2) is 18.2 Å². The number of rotatable bonds is 6. The fourth-order valence-electron chi connectivity index (χ4n) is 2.93. The Morgan fingerprint density at radius 3 is 2.61 bits per heavy atom. The summed E-state index contributed by atoms with van der Waals surface area (Å²) < 4.78 is 81.7. The second-order valence-electron chi connectivity index (χ2n) is 7.05. The third-order valence-electron chi connectivity index (χ3n) is 4.44. The van der Waals surface area contributed by atoms with Gasteiger partial charge in [0.2, 0.25) is 0 Å². The van der Waals surface area contributed by atoms with Crippen LogP contribution in [0.15, 0.2) is 47.4 Å². The van der Waals surface area contributed by atoms with Crippen molar-refractivity contribution in [3.63, 3.8) is 0 Å². The molecule has 2 unspecified atom stereocenters. The second kappa shape index (κ2) is 9.41. The molecule has 14 heteroatoms. The summed E-state index contributed by atoms with van der Waals surface area (Å²) >= 11 is 5.79. The molecule has 178 valence electrons. The maximum Gasteiger partial charge on any atom is 0.422 e. The SMILES string of the molecule is CC(NC(=O)C1=CC(C(F)(F)F)CC(Cl)=C1)c1ncnn1-c1ccc(OCC(F)(F)F)cn1. The van der Waals surface area contributed by atoms with E-state index in [0.717, 1.165) is 24.7 Å². The van der Waals surface area contributed by atoms with Crippen LogP contribution in [0.25, 0.3) is 5.82 Å². The standard InChI is InChI=1S/C19H16ClF6N5O2/c1-10(30-17(32)11-4-12(19(24,25)26)6-13(20)5-11)16-28-9-29-31(16)15-3-2-14(7-27-15)33-8-18(21,22)23/h2-5,7,9-10,12H,6,8H2,1H3,(H,30,32). The van der Waals surface area contributed by atoms with Crippen molar-refractivity contribution in [3.8, 4) is 11.6 Å². The zero-order chi connectivity index (χ0) is 24.4. The summed E-state index contributed by atoms with van der Waals surface area (Å²) in [6.45, 7) is 0.0460. The Balaban J connectivity index is 1.73. The molecule has 3 rings (SSSR count). The molecule has 0 bridgehead atoms. The van der Waals surface area contributed by atoms with E-state index < -0.39 is 43.2 Å². The molecule has 1 aliphatic rings. The highest BCUT2D eigenvalue weighted by Crippen LogP contribution is 2.37. The molecular weight excluding hydrogens is 480 g/mol. The molecule has 2 aromatic rings. The van der Waals surface area contributed by atoms with Crippen molar-refractivity contribution in [3.05, 3.63) is 53.2 Å². The number of amides is 1. The van der Waals surface area contributed by atoms with Crippen LogP contribution < -0.4 is 10.1 Å². The molecule has 1 amide bonds. The van der Waals surface area contributed by atoms with E-state index in [4.69, 9.17) is 11.6 Å². The first-order chi connectivity index (χ1) is 15.3. The van der Waals surface area contributed by atoms with Crippen molar-refractivity contribution in [1.29, 1.82) is 0 Å². The Bertz CT molecular complexity index is 1060. The van der Waals surface area contributed by atoms with Gasteiger partial charge in [-0.2, -0.15) is 36.1 Å². The molecule has 2 heterocycles. The highest BCUT2D eigenvalue weighted by molar-refractivity contribution is 6.30. The molecule has 0 spiro atoms. The number of allylic oxidation sites excluding steroid dienone is 2. The third-order valence-corrected chi connectivity index (χ3v) is 4.70. The predicted molar refractivity (Wildman–Crippen MR) is 103 cm³/mol. The van der Waals surface area contributed by atoms with Crippen molar-refractivity contribution in [2.24, 2.45) is 5.92 Å². The minimum atomic E-state index is -4.55. The Labute approximate surface area is 188 Å². The highest BCUT2D eigenvalue weighted by atomic mass is 35.5. The normalized spacial score (nSPS) is 17.8. The number of nitrogens with one attached hydrogen (secondary N) is 1. The van der Waals surface area contributed by atoms with Gasteiger partial charge < -0.3 is 10.1 Å². The molecule has 0 radical (unpaired) electrons. The van der Waals surface area contributed by atoms with Crippen molar-refractivity contribution in [2.75, 3.05) is 6.61 Å². The van der Waals surface area contributed by atoms with Gasteiger partial charge >= 0.3 is 12.4 Å². The van der Waals surface area contributed by atoms with Gasteiger partial charge in [0.05, 0.1) is 18.2 Å². The van der Waals surface area contributed by atoms with Crippen LogP contribution in [-0.4, -0.2) is 44.6 Å². The number of hydrogen-bond acceptors (Lipinski definition) is 5. The van der Waals surface area contributed by atoms with Crippen LogP contribution in [0.4, 0.5) is 26.3 Å². The Morgan fingerprint density at radius 1 is 1.27 bits per heavy atom. The lowest BCUT2D eigenvalue weighted by molar-refractivity contribution is -0.160. The minimum Gasteiger partial charge on any atom is -0.483 e. The van der Waals surface area contributed by atoms with Crippen molar-refractivity contribution >= 4 is 17.5 Å². The van der Waals surface area contributed by atoms with E-state index in [0.29, 0.717) is 0 Å². The number of carbonyl (C=O) groups is 1. The average Bonchev–Trinajstić information content (AvgIpc) is 3.21. The maximum atomic E-state index is 13.1. The summed E-state index contributed by atoms with van der Waals surface area (Å²) in [4.78, 5) is 20.5. The van der Waals surface area contributed by atoms with E-state index in [1.165, 1.54) is 23.7 Å². The number of carbonyl (C=O) groups excluding carboxylic acids is 1. The summed E-state index contributed by atoms with van der Waals surface area (Å²) in [6, 6.07) is 1.76. The van der Waals surface area contributed by atoms with Gasteiger partial charge in [-0.25, -0.2) is 9.97 Å². The molecule has 0 saturated heterocycles. The Kier molecular flexibility index (Phi) is 7.00. The van der Waals surface area contributed by atoms with E-state index >= 15 is 0 Å². The van der Waals surface area contributed by atoms with Gasteiger partial charge in [-0.15, -0.1) is 0 Å². The molecule has 7 nitrogen and oxygen atoms in total.